The van der Waals surface area contributed by atoms with Crippen molar-refractivity contribution in [1.82, 2.24) is 9.55 Å². The highest BCUT2D eigenvalue weighted by molar-refractivity contribution is 6.16. The first-order chi connectivity index (χ1) is 8.36. The quantitative estimate of drug-likeness (QED) is 0.720. The summed E-state index contributed by atoms with van der Waals surface area (Å²) in [5, 5.41) is 0. The molecule has 2 aromatic rings. The van der Waals surface area contributed by atoms with Gasteiger partial charge in [0.1, 0.15) is 5.82 Å². The predicted molar refractivity (Wildman–Crippen MR) is 78.2 cm³/mol. The maximum atomic E-state index is 6.07. The van der Waals surface area contributed by atoms with Crippen LogP contribution in [0.1, 0.15) is 45.1 Å². The highest BCUT2D eigenvalue weighted by Crippen LogP contribution is 2.35. The molecule has 3 heteroatoms. The Hall–Kier alpha value is -1.02. The minimum atomic E-state index is 0.177. The summed E-state index contributed by atoms with van der Waals surface area (Å²) in [5.74, 6) is 1.41. The number of hydrogen-bond acceptors (Lipinski definition) is 1. The molecule has 0 amide bonds. The van der Waals surface area contributed by atoms with Gasteiger partial charge in [0.15, 0.2) is 0 Å². The van der Waals surface area contributed by atoms with Crippen molar-refractivity contribution in [2.24, 2.45) is 5.41 Å². The van der Waals surface area contributed by atoms with Gasteiger partial charge in [-0.05, 0) is 30.9 Å². The lowest BCUT2D eigenvalue weighted by Gasteiger charge is -2.30. The molecule has 0 saturated heterocycles. The number of para-hydroxylation sites is 1. The Bertz CT molecular complexity index is 564. The monoisotopic (exact) mass is 264 g/mol. The van der Waals surface area contributed by atoms with Gasteiger partial charge in [0.25, 0.3) is 0 Å². The normalized spacial score (nSPS) is 14.1. The Kier molecular flexibility index (Phi) is 3.41. The van der Waals surface area contributed by atoms with Crippen LogP contribution in [0.2, 0.25) is 0 Å². The van der Waals surface area contributed by atoms with Crippen molar-refractivity contribution in [3.63, 3.8) is 0 Å². The van der Waals surface area contributed by atoms with E-state index in [1.165, 1.54) is 11.1 Å². The molecule has 0 aliphatic carbocycles. The second-order valence-corrected chi connectivity index (χ2v) is 6.28. The fraction of sp³-hybridized carbons (Fsp3) is 0.533. The molecule has 0 aliphatic heterocycles. The van der Waals surface area contributed by atoms with Crippen LogP contribution in [-0.2, 0) is 5.88 Å². The zero-order chi connectivity index (χ0) is 13.5. The average Bonchev–Trinajstić information content (AvgIpc) is 2.66. The molecule has 1 atom stereocenters. The van der Waals surface area contributed by atoms with E-state index in [1.54, 1.807) is 0 Å². The van der Waals surface area contributed by atoms with Crippen LogP contribution >= 0.6 is 11.6 Å². The van der Waals surface area contributed by atoms with E-state index in [1.807, 2.05) is 0 Å². The third-order valence-corrected chi connectivity index (χ3v) is 3.98. The molecule has 0 bridgehead atoms. The number of aromatic nitrogens is 2. The summed E-state index contributed by atoms with van der Waals surface area (Å²) in [6.07, 6.45) is 0. The van der Waals surface area contributed by atoms with Crippen LogP contribution in [0.3, 0.4) is 0 Å². The Morgan fingerprint density at radius 2 is 2.00 bits per heavy atom. The van der Waals surface area contributed by atoms with Crippen LogP contribution in [0, 0.1) is 12.3 Å². The molecular formula is C15H21ClN2. The molecule has 2 nitrogen and oxygen atoms in total. The number of nitrogens with zero attached hydrogens (tertiary/aromatic N) is 2. The van der Waals surface area contributed by atoms with E-state index in [0.717, 1.165) is 11.3 Å². The third kappa shape index (κ3) is 2.14. The molecule has 0 aliphatic rings. The summed E-state index contributed by atoms with van der Waals surface area (Å²) >= 11 is 6.07. The number of aryl methyl sites for hydroxylation is 1. The molecule has 1 unspecified atom stereocenters. The lowest BCUT2D eigenvalue weighted by molar-refractivity contribution is 0.263. The minimum absolute atomic E-state index is 0.177. The number of rotatable bonds is 2. The number of benzene rings is 1. The van der Waals surface area contributed by atoms with Crippen molar-refractivity contribution < 1.29 is 0 Å². The molecular weight excluding hydrogens is 244 g/mol. The van der Waals surface area contributed by atoms with E-state index in [9.17, 15) is 0 Å². The van der Waals surface area contributed by atoms with Crippen molar-refractivity contribution in [1.29, 1.82) is 0 Å². The van der Waals surface area contributed by atoms with E-state index in [0.29, 0.717) is 11.9 Å². The van der Waals surface area contributed by atoms with Crippen molar-refractivity contribution in [3.8, 4) is 0 Å². The average molecular weight is 265 g/mol. The van der Waals surface area contributed by atoms with Gasteiger partial charge >= 0.3 is 0 Å². The van der Waals surface area contributed by atoms with E-state index in [2.05, 4.69) is 62.4 Å². The third-order valence-electron chi connectivity index (χ3n) is 3.75. The first kappa shape index (κ1) is 13.4. The van der Waals surface area contributed by atoms with Crippen LogP contribution < -0.4 is 0 Å². The molecule has 0 saturated carbocycles. The summed E-state index contributed by atoms with van der Waals surface area (Å²) in [7, 11) is 0. The maximum Gasteiger partial charge on any atom is 0.125 e. The summed E-state index contributed by atoms with van der Waals surface area (Å²) in [6.45, 7) is 11.1. The second-order valence-electron chi connectivity index (χ2n) is 6.02. The maximum absolute atomic E-state index is 6.07. The number of fused-ring (bicyclic) bond motifs is 1. The Morgan fingerprint density at radius 1 is 1.33 bits per heavy atom. The van der Waals surface area contributed by atoms with Gasteiger partial charge < -0.3 is 4.57 Å². The molecule has 18 heavy (non-hydrogen) atoms. The largest absolute Gasteiger partial charge is 0.323 e. The molecule has 0 spiro atoms. The van der Waals surface area contributed by atoms with E-state index >= 15 is 0 Å². The predicted octanol–water partition coefficient (Wildman–Crippen LogP) is 4.69. The lowest BCUT2D eigenvalue weighted by atomic mass is 9.87. The van der Waals surface area contributed by atoms with Crippen LogP contribution in [0.4, 0.5) is 0 Å². The summed E-state index contributed by atoms with van der Waals surface area (Å²) in [6, 6.07) is 6.60. The Labute approximate surface area is 114 Å². The molecule has 0 fully saturated rings. The Morgan fingerprint density at radius 3 is 2.56 bits per heavy atom. The molecule has 0 N–H and O–H groups in total. The minimum Gasteiger partial charge on any atom is -0.323 e. The highest BCUT2D eigenvalue weighted by atomic mass is 35.5. The van der Waals surface area contributed by atoms with Crippen LogP contribution in [0.25, 0.3) is 11.0 Å². The zero-order valence-electron chi connectivity index (χ0n) is 11.8. The molecule has 0 radical (unpaired) electrons. The molecule has 1 aromatic heterocycles. The number of halogens is 1. The van der Waals surface area contributed by atoms with Crippen molar-refractivity contribution in [2.45, 2.75) is 46.5 Å². The summed E-state index contributed by atoms with van der Waals surface area (Å²) in [4.78, 5) is 4.66. The fourth-order valence-corrected chi connectivity index (χ4v) is 2.46. The van der Waals surface area contributed by atoms with Crippen molar-refractivity contribution >= 4 is 22.6 Å². The fourth-order valence-electron chi connectivity index (χ4n) is 2.27. The van der Waals surface area contributed by atoms with Crippen LogP contribution in [0.5, 0.6) is 0 Å². The van der Waals surface area contributed by atoms with E-state index in [-0.39, 0.29) is 5.41 Å². The van der Waals surface area contributed by atoms with Gasteiger partial charge in [0.05, 0.1) is 16.9 Å². The van der Waals surface area contributed by atoms with Gasteiger partial charge in [-0.1, -0.05) is 32.9 Å². The van der Waals surface area contributed by atoms with Crippen LogP contribution in [0.15, 0.2) is 18.2 Å². The molecule has 1 heterocycles. The lowest BCUT2D eigenvalue weighted by Crippen LogP contribution is -2.23. The first-order valence-corrected chi connectivity index (χ1v) is 6.92. The van der Waals surface area contributed by atoms with Crippen molar-refractivity contribution in [3.05, 3.63) is 29.6 Å². The zero-order valence-corrected chi connectivity index (χ0v) is 12.5. The van der Waals surface area contributed by atoms with Gasteiger partial charge in [-0.3, -0.25) is 0 Å². The van der Waals surface area contributed by atoms with Gasteiger partial charge in [0, 0.05) is 6.04 Å². The number of imidazole rings is 1. The van der Waals surface area contributed by atoms with Gasteiger partial charge in [0.2, 0.25) is 0 Å². The first-order valence-electron chi connectivity index (χ1n) is 6.38. The highest BCUT2D eigenvalue weighted by Gasteiger charge is 2.26. The molecule has 2 rings (SSSR count). The van der Waals surface area contributed by atoms with Crippen molar-refractivity contribution in [2.75, 3.05) is 0 Å². The van der Waals surface area contributed by atoms with E-state index < -0.39 is 0 Å². The number of alkyl halides is 1. The SMILES string of the molecule is Cc1cccc2nc(CCl)n(C(C)C(C)(C)C)c12. The standard InChI is InChI=1S/C15H21ClN2/c1-10-7-6-8-12-14(10)18(13(9-16)17-12)11(2)15(3,4)5/h6-8,11H,9H2,1-5H3. The Balaban J connectivity index is 2.74. The van der Waals surface area contributed by atoms with Gasteiger partial charge in [-0.25, -0.2) is 4.98 Å². The molecule has 98 valence electrons. The van der Waals surface area contributed by atoms with Crippen LogP contribution in [-0.4, -0.2) is 9.55 Å². The smallest absolute Gasteiger partial charge is 0.125 e. The summed E-state index contributed by atoms with van der Waals surface area (Å²) < 4.78 is 2.30. The molecule has 1 aromatic carbocycles. The van der Waals surface area contributed by atoms with Gasteiger partial charge in [-0.15, -0.1) is 11.6 Å². The summed E-state index contributed by atoms with van der Waals surface area (Å²) in [5.41, 5.74) is 3.70. The van der Waals surface area contributed by atoms with E-state index in [4.69, 9.17) is 11.6 Å². The number of hydrogen-bond donors (Lipinski definition) is 0. The van der Waals surface area contributed by atoms with Gasteiger partial charge in [-0.2, -0.15) is 0 Å². The topological polar surface area (TPSA) is 17.8 Å². The second kappa shape index (κ2) is 4.58.